The second kappa shape index (κ2) is 6.81. The smallest absolute Gasteiger partial charge is 0.0108 e. The van der Waals surface area contributed by atoms with Crippen LogP contribution in [0.1, 0.15) is 32.1 Å². The number of benzene rings is 1. The maximum absolute atomic E-state index is 2.71. The molecule has 3 rings (SSSR count). The van der Waals surface area contributed by atoms with E-state index in [-0.39, 0.29) is 0 Å². The summed E-state index contributed by atoms with van der Waals surface area (Å²) in [6, 6.07) is 10.8. The van der Waals surface area contributed by atoms with Crippen molar-refractivity contribution in [1.29, 1.82) is 0 Å². The van der Waals surface area contributed by atoms with Crippen LogP contribution < -0.4 is 0 Å². The Morgan fingerprint density at radius 3 is 2.63 bits per heavy atom. The van der Waals surface area contributed by atoms with Gasteiger partial charge < -0.3 is 4.90 Å². The van der Waals surface area contributed by atoms with Gasteiger partial charge in [-0.1, -0.05) is 37.5 Å². The lowest BCUT2D eigenvalue weighted by molar-refractivity contribution is 0.0916. The van der Waals surface area contributed by atoms with Crippen molar-refractivity contribution >= 4 is 11.8 Å². The van der Waals surface area contributed by atoms with Crippen molar-refractivity contribution in [3.8, 4) is 0 Å². The molecule has 0 aromatic heterocycles. The summed E-state index contributed by atoms with van der Waals surface area (Å²) in [6.45, 7) is 3.99. The highest BCUT2D eigenvalue weighted by molar-refractivity contribution is 7.99. The molecule has 2 heteroatoms. The molecule has 1 saturated heterocycles. The highest BCUT2D eigenvalue weighted by atomic mass is 32.2. The fourth-order valence-electron chi connectivity index (χ4n) is 3.69. The predicted octanol–water partition coefficient (Wildman–Crippen LogP) is 4.29. The van der Waals surface area contributed by atoms with E-state index >= 15 is 0 Å². The van der Waals surface area contributed by atoms with Crippen LogP contribution >= 0.6 is 11.8 Å². The number of piperidine rings is 1. The van der Waals surface area contributed by atoms with Crippen molar-refractivity contribution in [3.63, 3.8) is 0 Å². The van der Waals surface area contributed by atoms with E-state index in [1.807, 2.05) is 11.8 Å². The first-order chi connectivity index (χ1) is 9.42. The third-order valence-electron chi connectivity index (χ3n) is 4.79. The van der Waals surface area contributed by atoms with Gasteiger partial charge in [-0.2, -0.15) is 0 Å². The molecule has 2 aliphatic rings. The quantitative estimate of drug-likeness (QED) is 0.754. The third-order valence-corrected chi connectivity index (χ3v) is 5.79. The minimum Gasteiger partial charge on any atom is -0.302 e. The van der Waals surface area contributed by atoms with Crippen LogP contribution in [0, 0.1) is 11.8 Å². The monoisotopic (exact) mass is 275 g/mol. The summed E-state index contributed by atoms with van der Waals surface area (Å²) < 4.78 is 0. The van der Waals surface area contributed by atoms with Crippen molar-refractivity contribution < 1.29 is 0 Å². The number of fused-ring (bicyclic) bond motifs is 1. The Labute approximate surface area is 121 Å². The lowest BCUT2D eigenvalue weighted by atomic mass is 9.75. The van der Waals surface area contributed by atoms with E-state index in [0.29, 0.717) is 0 Å². The summed E-state index contributed by atoms with van der Waals surface area (Å²) in [5, 5.41) is 0. The van der Waals surface area contributed by atoms with Crippen LogP contribution in [0.4, 0.5) is 0 Å². The fraction of sp³-hybridized carbons (Fsp3) is 0.647. The van der Waals surface area contributed by atoms with Crippen molar-refractivity contribution in [2.24, 2.45) is 11.8 Å². The molecule has 1 heterocycles. The van der Waals surface area contributed by atoms with Gasteiger partial charge in [0, 0.05) is 23.7 Å². The van der Waals surface area contributed by atoms with Gasteiger partial charge in [-0.25, -0.2) is 0 Å². The van der Waals surface area contributed by atoms with Gasteiger partial charge >= 0.3 is 0 Å². The van der Waals surface area contributed by atoms with Gasteiger partial charge in [-0.05, 0) is 43.4 Å². The van der Waals surface area contributed by atoms with Gasteiger partial charge in [0.15, 0.2) is 0 Å². The number of thioether (sulfide) groups is 1. The van der Waals surface area contributed by atoms with Crippen LogP contribution in [0.25, 0.3) is 0 Å². The predicted molar refractivity (Wildman–Crippen MR) is 83.7 cm³/mol. The molecule has 0 N–H and O–H groups in total. The zero-order valence-electron chi connectivity index (χ0n) is 11.8. The lowest BCUT2D eigenvalue weighted by Gasteiger charge is -2.41. The summed E-state index contributed by atoms with van der Waals surface area (Å²) in [4.78, 5) is 4.12. The second-order valence-corrected chi connectivity index (χ2v) is 7.22. The third kappa shape index (κ3) is 3.76. The molecule has 1 saturated carbocycles. The SMILES string of the molecule is c1ccc(SCCN2CCC3CCCCC3C2)cc1. The van der Waals surface area contributed by atoms with E-state index in [4.69, 9.17) is 0 Å². The van der Waals surface area contributed by atoms with Crippen LogP contribution in [0.2, 0.25) is 0 Å². The summed E-state index contributed by atoms with van der Waals surface area (Å²) in [5.74, 6) is 3.32. The molecule has 1 aromatic carbocycles. The Morgan fingerprint density at radius 1 is 1.00 bits per heavy atom. The number of likely N-dealkylation sites (tertiary alicyclic amines) is 1. The number of rotatable bonds is 4. The first-order valence-electron chi connectivity index (χ1n) is 7.82. The van der Waals surface area contributed by atoms with Gasteiger partial charge in [0.2, 0.25) is 0 Å². The van der Waals surface area contributed by atoms with Crippen molar-refractivity contribution in [2.75, 3.05) is 25.4 Å². The molecule has 104 valence electrons. The lowest BCUT2D eigenvalue weighted by Crippen LogP contribution is -2.42. The number of nitrogens with zero attached hydrogens (tertiary/aromatic N) is 1. The van der Waals surface area contributed by atoms with E-state index in [0.717, 1.165) is 11.8 Å². The van der Waals surface area contributed by atoms with Crippen LogP contribution in [0.5, 0.6) is 0 Å². The summed E-state index contributed by atoms with van der Waals surface area (Å²) >= 11 is 2.00. The minimum absolute atomic E-state index is 1.02. The summed E-state index contributed by atoms with van der Waals surface area (Å²) in [6.07, 6.45) is 7.43. The fourth-order valence-corrected chi connectivity index (χ4v) is 4.62. The zero-order chi connectivity index (χ0) is 12.9. The molecule has 0 spiro atoms. The molecular weight excluding hydrogens is 250 g/mol. The normalized spacial score (nSPS) is 28.0. The summed E-state index contributed by atoms with van der Waals surface area (Å²) in [7, 11) is 0. The van der Waals surface area contributed by atoms with E-state index in [1.54, 1.807) is 0 Å². The zero-order valence-corrected chi connectivity index (χ0v) is 12.6. The Hall–Kier alpha value is -0.470. The molecule has 1 aliphatic carbocycles. The van der Waals surface area contributed by atoms with Gasteiger partial charge in [-0.3, -0.25) is 0 Å². The Bertz CT molecular complexity index is 378. The van der Waals surface area contributed by atoms with Gasteiger partial charge in [-0.15, -0.1) is 11.8 Å². The first-order valence-corrected chi connectivity index (χ1v) is 8.80. The first kappa shape index (κ1) is 13.5. The Balaban J connectivity index is 1.41. The van der Waals surface area contributed by atoms with E-state index in [2.05, 4.69) is 35.2 Å². The molecule has 2 atom stereocenters. The average Bonchev–Trinajstić information content (AvgIpc) is 2.48. The van der Waals surface area contributed by atoms with E-state index < -0.39 is 0 Å². The molecular formula is C17H25NS. The Morgan fingerprint density at radius 2 is 1.79 bits per heavy atom. The van der Waals surface area contributed by atoms with Gasteiger partial charge in [0.1, 0.15) is 0 Å². The van der Waals surface area contributed by atoms with Crippen LogP contribution in [0.15, 0.2) is 35.2 Å². The molecule has 19 heavy (non-hydrogen) atoms. The van der Waals surface area contributed by atoms with Crippen molar-refractivity contribution in [2.45, 2.75) is 37.0 Å². The summed E-state index contributed by atoms with van der Waals surface area (Å²) in [5.41, 5.74) is 0. The van der Waals surface area contributed by atoms with Gasteiger partial charge in [0.25, 0.3) is 0 Å². The molecule has 0 amide bonds. The van der Waals surface area contributed by atoms with Gasteiger partial charge in [0.05, 0.1) is 0 Å². The molecule has 0 bridgehead atoms. The van der Waals surface area contributed by atoms with Crippen LogP contribution in [-0.4, -0.2) is 30.3 Å². The standard InChI is InChI=1S/C17H25NS/c1-2-8-17(9-3-1)19-13-12-18-11-10-15-6-4-5-7-16(15)14-18/h1-3,8-9,15-16H,4-7,10-14H2. The molecule has 2 fully saturated rings. The molecule has 2 unspecified atom stereocenters. The van der Waals surface area contributed by atoms with E-state index in [9.17, 15) is 0 Å². The largest absolute Gasteiger partial charge is 0.302 e. The van der Waals surface area contributed by atoms with Crippen molar-refractivity contribution in [3.05, 3.63) is 30.3 Å². The maximum Gasteiger partial charge on any atom is 0.0108 e. The maximum atomic E-state index is 2.71. The highest BCUT2D eigenvalue weighted by Gasteiger charge is 2.30. The molecule has 0 radical (unpaired) electrons. The van der Waals surface area contributed by atoms with Crippen molar-refractivity contribution in [1.82, 2.24) is 4.90 Å². The molecule has 1 aliphatic heterocycles. The second-order valence-electron chi connectivity index (χ2n) is 6.06. The Kier molecular flexibility index (Phi) is 4.84. The number of hydrogen-bond acceptors (Lipinski definition) is 2. The highest BCUT2D eigenvalue weighted by Crippen LogP contribution is 2.36. The average molecular weight is 275 g/mol. The number of hydrogen-bond donors (Lipinski definition) is 0. The van der Waals surface area contributed by atoms with E-state index in [1.165, 1.54) is 62.4 Å². The van der Waals surface area contributed by atoms with Crippen LogP contribution in [0.3, 0.4) is 0 Å². The topological polar surface area (TPSA) is 3.24 Å². The minimum atomic E-state index is 1.02. The molecule has 1 aromatic rings. The molecule has 1 nitrogen and oxygen atoms in total. The van der Waals surface area contributed by atoms with Crippen LogP contribution in [-0.2, 0) is 0 Å².